The first-order valence-electron chi connectivity index (χ1n) is 11.5. The topological polar surface area (TPSA) is 86.7 Å². The molecule has 0 radical (unpaired) electrons. The van der Waals surface area contributed by atoms with Crippen molar-refractivity contribution in [3.63, 3.8) is 0 Å². The summed E-state index contributed by atoms with van der Waals surface area (Å²) in [5, 5.41) is 0. The Morgan fingerprint density at radius 2 is 1.45 bits per heavy atom. The van der Waals surface area contributed by atoms with Gasteiger partial charge in [0, 0.05) is 17.9 Å². The lowest BCUT2D eigenvalue weighted by molar-refractivity contribution is -0.191. The highest BCUT2D eigenvalue weighted by atomic mass is 33.1. The van der Waals surface area contributed by atoms with Gasteiger partial charge in [0.15, 0.2) is 0 Å². The van der Waals surface area contributed by atoms with Crippen LogP contribution in [0.2, 0.25) is 0 Å². The summed E-state index contributed by atoms with van der Waals surface area (Å²) >= 11 is 0. The van der Waals surface area contributed by atoms with E-state index in [1.54, 1.807) is 21.6 Å². The molecule has 1 rings (SSSR count). The number of hydrogen-bond acceptors (Lipinski definition) is 8. The molecule has 0 N–H and O–H groups in total. The third-order valence-corrected chi connectivity index (χ3v) is 7.86. The molecule has 0 aliphatic heterocycles. The lowest BCUT2D eigenvalue weighted by Gasteiger charge is -2.33. The monoisotopic (exact) mass is 476 g/mol. The van der Waals surface area contributed by atoms with Crippen LogP contribution >= 0.6 is 21.6 Å². The van der Waals surface area contributed by atoms with Gasteiger partial charge < -0.3 is 9.47 Å². The van der Waals surface area contributed by atoms with Gasteiger partial charge in [0.05, 0.1) is 5.92 Å². The maximum atomic E-state index is 12.0. The van der Waals surface area contributed by atoms with E-state index in [4.69, 9.17) is 19.1 Å². The molecule has 0 atom stereocenters. The maximum absolute atomic E-state index is 12.0. The van der Waals surface area contributed by atoms with Gasteiger partial charge in [-0.1, -0.05) is 74.5 Å². The van der Waals surface area contributed by atoms with E-state index >= 15 is 0 Å². The quantitative estimate of drug-likeness (QED) is 0.166. The molecular formula is C23H40O6S2. The lowest BCUT2D eigenvalue weighted by atomic mass is 9.73. The number of carbonyl (C=O) groups excluding carboxylic acids is 4. The summed E-state index contributed by atoms with van der Waals surface area (Å²) in [6.07, 6.45) is 12.0. The Hall–Kier alpha value is -0.980. The second kappa shape index (κ2) is 19.7. The first-order valence-corrected chi connectivity index (χ1v) is 14.0. The Morgan fingerprint density at radius 1 is 0.935 bits per heavy atom. The average Bonchev–Trinajstić information content (AvgIpc) is 2.75. The van der Waals surface area contributed by atoms with Gasteiger partial charge in [-0.05, 0) is 37.5 Å². The van der Waals surface area contributed by atoms with E-state index in [0.29, 0.717) is 25.0 Å². The average molecular weight is 477 g/mol. The minimum Gasteiger partial charge on any atom is -0.465 e. The molecule has 0 amide bonds. The predicted octanol–water partition coefficient (Wildman–Crippen LogP) is 5.84. The summed E-state index contributed by atoms with van der Waals surface area (Å²) in [6.45, 7) is 7.43. The van der Waals surface area contributed by atoms with Crippen molar-refractivity contribution in [3.05, 3.63) is 0 Å². The second-order valence-electron chi connectivity index (χ2n) is 8.26. The second-order valence-corrected chi connectivity index (χ2v) is 11.0. The number of esters is 2. The molecule has 1 aliphatic carbocycles. The fraction of sp³-hybridized carbons (Fsp3) is 0.870. The molecule has 6 nitrogen and oxygen atoms in total. The van der Waals surface area contributed by atoms with Crippen molar-refractivity contribution in [3.8, 4) is 0 Å². The number of ether oxygens (including phenoxy) is 2. The van der Waals surface area contributed by atoms with Gasteiger partial charge in [0.1, 0.15) is 13.2 Å². The van der Waals surface area contributed by atoms with Crippen molar-refractivity contribution < 1.29 is 28.7 Å². The van der Waals surface area contributed by atoms with E-state index in [9.17, 15) is 9.59 Å². The van der Waals surface area contributed by atoms with Crippen molar-refractivity contribution in [1.82, 2.24) is 0 Å². The Morgan fingerprint density at radius 3 is 1.97 bits per heavy atom. The molecule has 0 bridgehead atoms. The summed E-state index contributed by atoms with van der Waals surface area (Å²) in [5.41, 5.74) is 0.340. The summed E-state index contributed by atoms with van der Waals surface area (Å²) in [6, 6.07) is 0. The molecule has 0 aromatic rings. The largest absolute Gasteiger partial charge is 0.465 e. The van der Waals surface area contributed by atoms with Crippen LogP contribution in [0.25, 0.3) is 0 Å². The predicted molar refractivity (Wildman–Crippen MR) is 126 cm³/mol. The Labute approximate surface area is 195 Å². The molecule has 1 aliphatic rings. The third-order valence-electron chi connectivity index (χ3n) is 5.52. The molecule has 180 valence electrons. The van der Waals surface area contributed by atoms with Gasteiger partial charge in [-0.25, -0.2) is 0 Å². The highest BCUT2D eigenvalue weighted by Gasteiger charge is 2.27. The van der Waals surface area contributed by atoms with Gasteiger partial charge in [0.25, 0.3) is 0 Å². The van der Waals surface area contributed by atoms with Crippen molar-refractivity contribution >= 4 is 39.7 Å². The van der Waals surface area contributed by atoms with Crippen LogP contribution in [0.3, 0.4) is 0 Å². The molecule has 8 heteroatoms. The van der Waals surface area contributed by atoms with Crippen molar-refractivity contribution in [2.45, 2.75) is 91.4 Å². The highest BCUT2D eigenvalue weighted by molar-refractivity contribution is 8.76. The van der Waals surface area contributed by atoms with E-state index in [2.05, 4.69) is 20.8 Å². The summed E-state index contributed by atoms with van der Waals surface area (Å²) in [5.74, 6) is 1.49. The Balaban J connectivity index is 0.00000282. The summed E-state index contributed by atoms with van der Waals surface area (Å²) in [4.78, 5) is 40.2. The van der Waals surface area contributed by atoms with Crippen molar-refractivity contribution in [1.29, 1.82) is 0 Å². The van der Waals surface area contributed by atoms with Gasteiger partial charge in [0.2, 0.25) is 0 Å². The third kappa shape index (κ3) is 16.3. The Bertz CT molecular complexity index is 508. The van der Waals surface area contributed by atoms with Crippen molar-refractivity contribution in [2.75, 3.05) is 24.7 Å². The SMILES string of the molecule is CCCC(CCC)C(=O)OCCSSCCOC(=O)CCC1(C)CCCCC1.O=C=O. The zero-order valence-corrected chi connectivity index (χ0v) is 21.1. The molecular weight excluding hydrogens is 436 g/mol. The first-order chi connectivity index (χ1) is 14.9. The fourth-order valence-electron chi connectivity index (χ4n) is 3.81. The molecule has 1 saturated carbocycles. The summed E-state index contributed by atoms with van der Waals surface area (Å²) < 4.78 is 10.7. The van der Waals surface area contributed by atoms with E-state index in [-0.39, 0.29) is 24.0 Å². The standard InChI is InChI=1S/C22H40O4S2.CO2/c1-4-9-19(10-5-2)21(24)26-16-18-28-27-17-15-25-20(23)11-14-22(3)12-7-6-8-13-22;2-1-3/h19H,4-18H2,1-3H3;. The smallest absolute Gasteiger partial charge is 0.373 e. The number of hydrogen-bond donors (Lipinski definition) is 0. The molecule has 0 unspecified atom stereocenters. The van der Waals surface area contributed by atoms with Gasteiger partial charge in [-0.3, -0.25) is 9.59 Å². The molecule has 0 saturated heterocycles. The van der Waals surface area contributed by atoms with Crippen LogP contribution in [-0.2, 0) is 28.7 Å². The van der Waals surface area contributed by atoms with E-state index in [1.807, 2.05) is 0 Å². The van der Waals surface area contributed by atoms with Crippen LogP contribution in [0.5, 0.6) is 0 Å². The zero-order valence-electron chi connectivity index (χ0n) is 19.4. The van der Waals surface area contributed by atoms with E-state index in [1.165, 1.54) is 32.1 Å². The lowest BCUT2D eigenvalue weighted by Crippen LogP contribution is -2.22. The van der Waals surface area contributed by atoms with Gasteiger partial charge in [-0.2, -0.15) is 9.59 Å². The molecule has 31 heavy (non-hydrogen) atoms. The molecule has 0 aromatic carbocycles. The fourth-order valence-corrected chi connectivity index (χ4v) is 5.46. The summed E-state index contributed by atoms with van der Waals surface area (Å²) in [7, 11) is 3.34. The molecule has 0 spiro atoms. The van der Waals surface area contributed by atoms with E-state index in [0.717, 1.165) is 43.6 Å². The van der Waals surface area contributed by atoms with Crippen LogP contribution in [0, 0.1) is 11.3 Å². The van der Waals surface area contributed by atoms with Crippen LogP contribution in [0.4, 0.5) is 0 Å². The van der Waals surface area contributed by atoms with Crippen molar-refractivity contribution in [2.24, 2.45) is 11.3 Å². The maximum Gasteiger partial charge on any atom is 0.373 e. The van der Waals surface area contributed by atoms with Crippen LogP contribution in [0.1, 0.15) is 91.4 Å². The normalized spacial score (nSPS) is 14.8. The van der Waals surface area contributed by atoms with Gasteiger partial charge >= 0.3 is 18.1 Å². The van der Waals surface area contributed by atoms with Crippen LogP contribution in [-0.4, -0.2) is 42.8 Å². The zero-order chi connectivity index (χ0) is 23.4. The Kier molecular flexibility index (Phi) is 19.1. The molecule has 0 aromatic heterocycles. The minimum atomic E-state index is -0.0655. The van der Waals surface area contributed by atoms with Gasteiger partial charge in [-0.15, -0.1) is 0 Å². The van der Waals surface area contributed by atoms with E-state index < -0.39 is 0 Å². The molecule has 1 fully saturated rings. The molecule has 0 heterocycles. The number of carbonyl (C=O) groups is 2. The van der Waals surface area contributed by atoms with Crippen LogP contribution < -0.4 is 0 Å². The first kappa shape index (κ1) is 30.0. The van der Waals surface area contributed by atoms with Crippen LogP contribution in [0.15, 0.2) is 0 Å². The number of rotatable bonds is 15. The highest BCUT2D eigenvalue weighted by Crippen LogP contribution is 2.39. The minimum absolute atomic E-state index is 0.0464.